The molecule has 90 valence electrons. The molecule has 0 unspecified atom stereocenters. The summed E-state index contributed by atoms with van der Waals surface area (Å²) in [5, 5.41) is 7.95. The first kappa shape index (κ1) is 12.2. The third kappa shape index (κ3) is 2.72. The number of nitrogens with zero attached hydrogens (tertiary/aromatic N) is 3. The van der Waals surface area contributed by atoms with Crippen molar-refractivity contribution in [2.24, 2.45) is 5.92 Å². The Morgan fingerprint density at radius 1 is 1.41 bits per heavy atom. The smallest absolute Gasteiger partial charge is 0.164 e. The molecule has 2 rings (SSSR count). The maximum atomic E-state index is 13.3. The van der Waals surface area contributed by atoms with Crippen LogP contribution in [0.25, 0.3) is 11.4 Å². The van der Waals surface area contributed by atoms with Gasteiger partial charge in [0.15, 0.2) is 5.82 Å². The van der Waals surface area contributed by atoms with Gasteiger partial charge in [-0.3, -0.25) is 0 Å². The van der Waals surface area contributed by atoms with Crippen LogP contribution in [-0.2, 0) is 6.54 Å². The topological polar surface area (TPSA) is 30.7 Å². The maximum Gasteiger partial charge on any atom is 0.164 e. The first-order valence-electron chi connectivity index (χ1n) is 5.41. The van der Waals surface area contributed by atoms with Gasteiger partial charge in [0.2, 0.25) is 0 Å². The van der Waals surface area contributed by atoms with Gasteiger partial charge in [-0.05, 0) is 24.1 Å². The van der Waals surface area contributed by atoms with Crippen molar-refractivity contribution in [3.05, 3.63) is 34.8 Å². The van der Waals surface area contributed by atoms with Gasteiger partial charge >= 0.3 is 0 Å². The van der Waals surface area contributed by atoms with E-state index in [0.717, 1.165) is 16.6 Å². The van der Waals surface area contributed by atoms with E-state index in [2.05, 4.69) is 40.0 Å². The molecule has 0 saturated carbocycles. The van der Waals surface area contributed by atoms with Crippen molar-refractivity contribution < 1.29 is 4.39 Å². The Morgan fingerprint density at radius 3 is 2.88 bits per heavy atom. The SMILES string of the molecule is CC(C)Cn1cnnc1-c1cc(F)ccc1Br. The Labute approximate surface area is 108 Å². The lowest BCUT2D eigenvalue weighted by Gasteiger charge is -2.10. The summed E-state index contributed by atoms with van der Waals surface area (Å²) in [5.41, 5.74) is 0.725. The van der Waals surface area contributed by atoms with E-state index in [1.807, 2.05) is 4.57 Å². The molecule has 0 radical (unpaired) electrons. The number of hydrogen-bond donors (Lipinski definition) is 0. The molecule has 0 aliphatic rings. The van der Waals surface area contributed by atoms with Gasteiger partial charge < -0.3 is 4.57 Å². The van der Waals surface area contributed by atoms with Crippen LogP contribution in [0.15, 0.2) is 29.0 Å². The van der Waals surface area contributed by atoms with Crippen LogP contribution in [0.4, 0.5) is 4.39 Å². The molecule has 0 aliphatic heterocycles. The van der Waals surface area contributed by atoms with Crippen molar-refractivity contribution in [3.8, 4) is 11.4 Å². The molecular weight excluding hydrogens is 285 g/mol. The zero-order valence-corrected chi connectivity index (χ0v) is 11.3. The molecule has 0 fully saturated rings. The second-order valence-corrected chi connectivity index (χ2v) is 5.18. The minimum absolute atomic E-state index is 0.276. The first-order chi connectivity index (χ1) is 8.08. The van der Waals surface area contributed by atoms with Crippen LogP contribution in [0, 0.1) is 11.7 Å². The van der Waals surface area contributed by atoms with Gasteiger partial charge in [0, 0.05) is 16.6 Å². The Bertz CT molecular complexity index is 522. The quantitative estimate of drug-likeness (QED) is 0.868. The Hall–Kier alpha value is -1.23. The van der Waals surface area contributed by atoms with E-state index in [4.69, 9.17) is 0 Å². The maximum absolute atomic E-state index is 13.3. The Balaban J connectivity index is 2.45. The van der Waals surface area contributed by atoms with E-state index >= 15 is 0 Å². The number of rotatable bonds is 3. The number of benzene rings is 1. The summed E-state index contributed by atoms with van der Waals surface area (Å²) in [6, 6.07) is 4.56. The average molecular weight is 298 g/mol. The van der Waals surface area contributed by atoms with Gasteiger partial charge in [-0.2, -0.15) is 0 Å². The van der Waals surface area contributed by atoms with Crippen LogP contribution in [0.5, 0.6) is 0 Å². The molecule has 0 amide bonds. The molecular formula is C12H13BrFN3. The van der Waals surface area contributed by atoms with Gasteiger partial charge in [0.1, 0.15) is 12.1 Å². The van der Waals surface area contributed by atoms with E-state index in [1.54, 1.807) is 12.4 Å². The van der Waals surface area contributed by atoms with Crippen LogP contribution in [0.3, 0.4) is 0 Å². The molecule has 1 aromatic heterocycles. The summed E-state index contributed by atoms with van der Waals surface area (Å²) in [5.74, 6) is 0.893. The molecule has 5 heteroatoms. The molecule has 0 saturated heterocycles. The average Bonchev–Trinajstić information content (AvgIpc) is 2.69. The highest BCUT2D eigenvalue weighted by atomic mass is 79.9. The van der Waals surface area contributed by atoms with Crippen LogP contribution in [0.2, 0.25) is 0 Å². The molecule has 1 heterocycles. The fraction of sp³-hybridized carbons (Fsp3) is 0.333. The zero-order chi connectivity index (χ0) is 12.4. The molecule has 3 nitrogen and oxygen atoms in total. The largest absolute Gasteiger partial charge is 0.313 e. The molecule has 0 bridgehead atoms. The summed E-state index contributed by atoms with van der Waals surface area (Å²) in [6.45, 7) is 5.04. The van der Waals surface area contributed by atoms with Gasteiger partial charge in [-0.1, -0.05) is 29.8 Å². The molecule has 0 spiro atoms. The van der Waals surface area contributed by atoms with Crippen LogP contribution in [0.1, 0.15) is 13.8 Å². The lowest BCUT2D eigenvalue weighted by Crippen LogP contribution is -2.05. The van der Waals surface area contributed by atoms with Gasteiger partial charge in [0.25, 0.3) is 0 Å². The van der Waals surface area contributed by atoms with Crippen LogP contribution >= 0.6 is 15.9 Å². The summed E-state index contributed by atoms with van der Waals surface area (Å²) in [6.07, 6.45) is 1.67. The summed E-state index contributed by atoms with van der Waals surface area (Å²) in [7, 11) is 0. The molecule has 17 heavy (non-hydrogen) atoms. The molecule has 0 N–H and O–H groups in total. The fourth-order valence-corrected chi connectivity index (χ4v) is 2.08. The first-order valence-corrected chi connectivity index (χ1v) is 6.20. The predicted octanol–water partition coefficient (Wildman–Crippen LogP) is 3.50. The third-order valence-electron chi connectivity index (χ3n) is 2.35. The molecule has 1 aromatic carbocycles. The van der Waals surface area contributed by atoms with E-state index in [9.17, 15) is 4.39 Å². The molecule has 0 aliphatic carbocycles. The fourth-order valence-electron chi connectivity index (χ4n) is 1.66. The van der Waals surface area contributed by atoms with Gasteiger partial charge in [-0.25, -0.2) is 4.39 Å². The summed E-state index contributed by atoms with van der Waals surface area (Å²) >= 11 is 3.40. The normalized spacial score (nSPS) is 11.1. The number of halogens is 2. The van der Waals surface area contributed by atoms with Crippen molar-refractivity contribution >= 4 is 15.9 Å². The molecule has 2 aromatic rings. The van der Waals surface area contributed by atoms with Crippen molar-refractivity contribution in [1.82, 2.24) is 14.8 Å². The van der Waals surface area contributed by atoms with Crippen molar-refractivity contribution in [2.75, 3.05) is 0 Å². The van der Waals surface area contributed by atoms with Gasteiger partial charge in [0.05, 0.1) is 0 Å². The van der Waals surface area contributed by atoms with Crippen LogP contribution < -0.4 is 0 Å². The summed E-state index contributed by atoms with van der Waals surface area (Å²) < 4.78 is 16.0. The van der Waals surface area contributed by atoms with E-state index < -0.39 is 0 Å². The highest BCUT2D eigenvalue weighted by Gasteiger charge is 2.12. The highest BCUT2D eigenvalue weighted by molar-refractivity contribution is 9.10. The Morgan fingerprint density at radius 2 is 2.18 bits per heavy atom. The number of aromatic nitrogens is 3. The lowest BCUT2D eigenvalue weighted by molar-refractivity contribution is 0.525. The zero-order valence-electron chi connectivity index (χ0n) is 9.69. The summed E-state index contributed by atoms with van der Waals surface area (Å²) in [4.78, 5) is 0. The minimum Gasteiger partial charge on any atom is -0.313 e. The number of hydrogen-bond acceptors (Lipinski definition) is 2. The second-order valence-electron chi connectivity index (χ2n) is 4.32. The van der Waals surface area contributed by atoms with Crippen molar-refractivity contribution in [1.29, 1.82) is 0 Å². The van der Waals surface area contributed by atoms with Crippen molar-refractivity contribution in [2.45, 2.75) is 20.4 Å². The molecule has 0 atom stereocenters. The van der Waals surface area contributed by atoms with E-state index in [-0.39, 0.29) is 5.82 Å². The lowest BCUT2D eigenvalue weighted by atomic mass is 10.2. The second kappa shape index (κ2) is 4.96. The van der Waals surface area contributed by atoms with Crippen LogP contribution in [-0.4, -0.2) is 14.8 Å². The van der Waals surface area contributed by atoms with Gasteiger partial charge in [-0.15, -0.1) is 10.2 Å². The minimum atomic E-state index is -0.276. The highest BCUT2D eigenvalue weighted by Crippen LogP contribution is 2.27. The monoisotopic (exact) mass is 297 g/mol. The Kier molecular flexibility index (Phi) is 3.57. The predicted molar refractivity (Wildman–Crippen MR) is 68.0 cm³/mol. The standard InChI is InChI=1S/C12H13BrFN3/c1-8(2)6-17-7-15-16-12(17)10-5-9(14)3-4-11(10)13/h3-5,7-8H,6H2,1-2H3. The van der Waals surface area contributed by atoms with E-state index in [1.165, 1.54) is 12.1 Å². The van der Waals surface area contributed by atoms with E-state index in [0.29, 0.717) is 11.7 Å². The third-order valence-corrected chi connectivity index (χ3v) is 3.04. The van der Waals surface area contributed by atoms with Crippen molar-refractivity contribution in [3.63, 3.8) is 0 Å².